The van der Waals surface area contributed by atoms with Crippen LogP contribution in [0.3, 0.4) is 0 Å². The zero-order chi connectivity index (χ0) is 15.2. The van der Waals surface area contributed by atoms with Crippen molar-refractivity contribution in [1.29, 1.82) is 0 Å². The number of nitrogens with two attached hydrogens (primary N) is 1. The molecule has 2 rings (SSSR count). The molecule has 1 amide bonds. The average Bonchev–Trinajstić information content (AvgIpc) is 2.50. The number of nitrogens with zero attached hydrogens (tertiary/aromatic N) is 4. The molecule has 0 bridgehead atoms. The Kier molecular flexibility index (Phi) is 5.09. The molecule has 2 heterocycles. The number of carbonyl (C=O) groups excluding carboxylic acids is 1. The van der Waals surface area contributed by atoms with E-state index in [1.165, 1.54) is 0 Å². The van der Waals surface area contributed by atoms with E-state index in [1.54, 1.807) is 0 Å². The first-order valence-corrected chi connectivity index (χ1v) is 7.17. The number of nitrogens with one attached hydrogen (secondary N) is 3. The number of aromatic nitrogens is 3. The van der Waals surface area contributed by atoms with Gasteiger partial charge in [0.1, 0.15) is 0 Å². The normalized spacial score (nSPS) is 18.0. The van der Waals surface area contributed by atoms with Crippen molar-refractivity contribution < 1.29 is 4.79 Å². The van der Waals surface area contributed by atoms with E-state index >= 15 is 0 Å². The van der Waals surface area contributed by atoms with Crippen LogP contribution >= 0.6 is 0 Å². The smallest absolute Gasteiger partial charge is 0.243 e. The van der Waals surface area contributed by atoms with Crippen molar-refractivity contribution in [2.75, 3.05) is 35.3 Å². The van der Waals surface area contributed by atoms with E-state index in [2.05, 4.69) is 31.0 Å². The summed E-state index contributed by atoms with van der Waals surface area (Å²) >= 11 is 0. The Morgan fingerprint density at radius 3 is 2.57 bits per heavy atom. The van der Waals surface area contributed by atoms with Crippen molar-refractivity contribution in [2.24, 2.45) is 5.84 Å². The summed E-state index contributed by atoms with van der Waals surface area (Å²) < 4.78 is 0. The molecule has 1 saturated heterocycles. The zero-order valence-electron chi connectivity index (χ0n) is 12.4. The van der Waals surface area contributed by atoms with E-state index < -0.39 is 0 Å². The number of rotatable bonds is 6. The minimum atomic E-state index is 0.0804. The summed E-state index contributed by atoms with van der Waals surface area (Å²) in [6, 6.07) is 0.111. The topological polar surface area (TPSA) is 121 Å². The van der Waals surface area contributed by atoms with Crippen molar-refractivity contribution >= 4 is 23.8 Å². The largest absolute Gasteiger partial charge is 0.354 e. The molecule has 1 atom stereocenters. The summed E-state index contributed by atoms with van der Waals surface area (Å²) in [7, 11) is 0. The number of piperidine rings is 1. The van der Waals surface area contributed by atoms with Crippen molar-refractivity contribution in [3.05, 3.63) is 0 Å². The van der Waals surface area contributed by atoms with Crippen LogP contribution in [0, 0.1) is 0 Å². The van der Waals surface area contributed by atoms with Gasteiger partial charge in [-0.2, -0.15) is 15.0 Å². The summed E-state index contributed by atoms with van der Waals surface area (Å²) in [6.07, 6.45) is 1.26. The summed E-state index contributed by atoms with van der Waals surface area (Å²) in [5.74, 6) is 6.84. The number of anilines is 3. The summed E-state index contributed by atoms with van der Waals surface area (Å²) in [4.78, 5) is 26.1. The first-order valence-electron chi connectivity index (χ1n) is 7.17. The van der Waals surface area contributed by atoms with Crippen LogP contribution in [-0.4, -0.2) is 46.5 Å². The van der Waals surface area contributed by atoms with E-state index in [0.717, 1.165) is 19.5 Å². The van der Waals surface area contributed by atoms with Gasteiger partial charge in [0.05, 0.1) is 0 Å². The Hall–Kier alpha value is -2.16. The van der Waals surface area contributed by atoms with Gasteiger partial charge in [0.15, 0.2) is 0 Å². The van der Waals surface area contributed by atoms with Gasteiger partial charge in [0, 0.05) is 32.1 Å². The van der Waals surface area contributed by atoms with Gasteiger partial charge >= 0.3 is 0 Å². The quantitative estimate of drug-likeness (QED) is 0.416. The number of hydrogen-bond donors (Lipinski definition) is 4. The van der Waals surface area contributed by atoms with Gasteiger partial charge in [0.25, 0.3) is 0 Å². The maximum Gasteiger partial charge on any atom is 0.243 e. The lowest BCUT2D eigenvalue weighted by Crippen LogP contribution is -2.42. The zero-order valence-corrected chi connectivity index (χ0v) is 12.4. The van der Waals surface area contributed by atoms with Crippen molar-refractivity contribution in [2.45, 2.75) is 32.7 Å². The van der Waals surface area contributed by atoms with Crippen LogP contribution in [0.1, 0.15) is 26.7 Å². The van der Waals surface area contributed by atoms with Crippen molar-refractivity contribution in [1.82, 2.24) is 20.3 Å². The molecule has 5 N–H and O–H groups in total. The van der Waals surface area contributed by atoms with Gasteiger partial charge in [-0.25, -0.2) is 5.84 Å². The lowest BCUT2D eigenvalue weighted by molar-refractivity contribution is -0.122. The molecule has 1 unspecified atom stereocenters. The Morgan fingerprint density at radius 2 is 2.00 bits per heavy atom. The molecule has 1 aromatic rings. The van der Waals surface area contributed by atoms with Crippen LogP contribution in [0.5, 0.6) is 0 Å². The highest BCUT2D eigenvalue weighted by molar-refractivity contribution is 5.76. The molecule has 21 heavy (non-hydrogen) atoms. The third-order valence-corrected chi connectivity index (χ3v) is 3.40. The Bertz CT molecular complexity index is 480. The van der Waals surface area contributed by atoms with E-state index in [-0.39, 0.29) is 11.9 Å². The molecule has 0 aromatic carbocycles. The second-order valence-electron chi connectivity index (χ2n) is 4.78. The lowest BCUT2D eigenvalue weighted by atomic mass is 10.1. The van der Waals surface area contributed by atoms with Gasteiger partial charge in [-0.3, -0.25) is 10.2 Å². The molecule has 0 spiro atoms. The highest BCUT2D eigenvalue weighted by atomic mass is 16.1. The molecule has 0 saturated carbocycles. The third kappa shape index (κ3) is 3.91. The molecule has 0 radical (unpaired) electrons. The minimum absolute atomic E-state index is 0.0804. The fourth-order valence-electron chi connectivity index (χ4n) is 2.18. The second-order valence-corrected chi connectivity index (χ2v) is 4.78. The monoisotopic (exact) mass is 294 g/mol. The van der Waals surface area contributed by atoms with Crippen LogP contribution < -0.4 is 26.8 Å². The van der Waals surface area contributed by atoms with Gasteiger partial charge in [-0.05, 0) is 20.3 Å². The van der Waals surface area contributed by atoms with Crippen LogP contribution in [0.15, 0.2) is 0 Å². The number of hydrazine groups is 1. The standard InChI is InChI=1S/C12H22N8O/c1-3-20(4-2)12-17-10(16-11(18-12)19-13)15-8-5-6-9(21)14-7-8/h8H,3-7,13H2,1-2H3,(H,14,21)(H2,15,16,17,18,19). The Balaban J connectivity index is 2.14. The molecule has 1 aliphatic heterocycles. The second kappa shape index (κ2) is 7.02. The molecule has 1 fully saturated rings. The van der Waals surface area contributed by atoms with Crippen LogP contribution in [0.25, 0.3) is 0 Å². The van der Waals surface area contributed by atoms with E-state index in [9.17, 15) is 4.79 Å². The van der Waals surface area contributed by atoms with Gasteiger partial charge < -0.3 is 15.5 Å². The SMILES string of the molecule is CCN(CC)c1nc(NN)nc(NC2CCC(=O)NC2)n1. The molecule has 1 aromatic heterocycles. The van der Waals surface area contributed by atoms with Gasteiger partial charge in [0.2, 0.25) is 23.8 Å². The molecule has 1 aliphatic rings. The first kappa shape index (κ1) is 15.2. The molecule has 9 nitrogen and oxygen atoms in total. The maximum absolute atomic E-state index is 11.2. The summed E-state index contributed by atoms with van der Waals surface area (Å²) in [6.45, 7) is 6.22. The summed E-state index contributed by atoms with van der Waals surface area (Å²) in [5, 5.41) is 6.04. The highest BCUT2D eigenvalue weighted by Gasteiger charge is 2.19. The van der Waals surface area contributed by atoms with Crippen molar-refractivity contribution in [3.8, 4) is 0 Å². The van der Waals surface area contributed by atoms with Gasteiger partial charge in [-0.1, -0.05) is 0 Å². The lowest BCUT2D eigenvalue weighted by Gasteiger charge is -2.24. The number of nitrogen functional groups attached to an aromatic ring is 1. The Labute approximate surface area is 123 Å². The third-order valence-electron chi connectivity index (χ3n) is 3.40. The predicted octanol–water partition coefficient (Wildman–Crippen LogP) is -0.306. The molecular formula is C12H22N8O. The number of hydrogen-bond acceptors (Lipinski definition) is 8. The fraction of sp³-hybridized carbons (Fsp3) is 0.667. The van der Waals surface area contributed by atoms with Crippen LogP contribution in [-0.2, 0) is 4.79 Å². The minimum Gasteiger partial charge on any atom is -0.354 e. The van der Waals surface area contributed by atoms with E-state index in [0.29, 0.717) is 30.8 Å². The molecule has 0 aliphatic carbocycles. The first-order chi connectivity index (χ1) is 10.2. The fourth-order valence-corrected chi connectivity index (χ4v) is 2.18. The molecule has 116 valence electrons. The molecule has 9 heteroatoms. The molecular weight excluding hydrogens is 272 g/mol. The van der Waals surface area contributed by atoms with E-state index in [1.807, 2.05) is 18.7 Å². The number of amides is 1. The Morgan fingerprint density at radius 1 is 1.29 bits per heavy atom. The maximum atomic E-state index is 11.2. The number of carbonyl (C=O) groups is 1. The van der Waals surface area contributed by atoms with E-state index in [4.69, 9.17) is 5.84 Å². The predicted molar refractivity (Wildman–Crippen MR) is 80.9 cm³/mol. The highest BCUT2D eigenvalue weighted by Crippen LogP contribution is 2.15. The van der Waals surface area contributed by atoms with Crippen molar-refractivity contribution in [3.63, 3.8) is 0 Å². The summed E-state index contributed by atoms with van der Waals surface area (Å²) in [5.41, 5.74) is 2.46. The average molecular weight is 294 g/mol. The van der Waals surface area contributed by atoms with Gasteiger partial charge in [-0.15, -0.1) is 0 Å². The van der Waals surface area contributed by atoms with Crippen LogP contribution in [0.2, 0.25) is 0 Å². The van der Waals surface area contributed by atoms with Crippen LogP contribution in [0.4, 0.5) is 17.8 Å².